The Morgan fingerprint density at radius 2 is 1.71 bits per heavy atom. The van der Waals surface area contributed by atoms with Crippen LogP contribution in [0, 0.1) is 13.8 Å². The first-order valence-corrected chi connectivity index (χ1v) is 7.63. The second-order valence-corrected chi connectivity index (χ2v) is 5.80. The molecule has 2 nitrogen and oxygen atoms in total. The smallest absolute Gasteiger partial charge is 0.115 e. The molecule has 2 aromatic carbocycles. The van der Waals surface area contributed by atoms with Crippen molar-refractivity contribution in [1.29, 1.82) is 0 Å². The zero-order valence-corrected chi connectivity index (χ0v) is 13.4. The maximum atomic E-state index is 9.42. The van der Waals surface area contributed by atoms with Crippen LogP contribution in [0.25, 0.3) is 0 Å². The number of aryl methyl sites for hydroxylation is 2. The van der Waals surface area contributed by atoms with Crippen LogP contribution in [0.4, 0.5) is 0 Å². The van der Waals surface area contributed by atoms with E-state index in [9.17, 15) is 5.11 Å². The third-order valence-corrected chi connectivity index (χ3v) is 4.06. The Hall–Kier alpha value is -1.80. The molecule has 0 aromatic heterocycles. The molecule has 0 fully saturated rings. The molecule has 0 aliphatic carbocycles. The van der Waals surface area contributed by atoms with Crippen LogP contribution in [-0.2, 0) is 0 Å². The van der Waals surface area contributed by atoms with E-state index in [-0.39, 0.29) is 0 Å². The van der Waals surface area contributed by atoms with Crippen LogP contribution in [-0.4, -0.2) is 5.11 Å². The average Bonchev–Trinajstić information content (AvgIpc) is 2.48. The summed E-state index contributed by atoms with van der Waals surface area (Å²) in [5, 5.41) is 13.1. The van der Waals surface area contributed by atoms with Gasteiger partial charge in [0.1, 0.15) is 5.75 Å². The fourth-order valence-electron chi connectivity index (χ4n) is 2.77. The second-order valence-electron chi connectivity index (χ2n) is 5.80. The van der Waals surface area contributed by atoms with Crippen molar-refractivity contribution in [2.24, 2.45) is 0 Å². The molecule has 0 heterocycles. The highest BCUT2D eigenvalue weighted by Gasteiger charge is 2.15. The predicted octanol–water partition coefficient (Wildman–Crippen LogP) is 4.81. The van der Waals surface area contributed by atoms with Crippen molar-refractivity contribution >= 4 is 0 Å². The normalized spacial score (nSPS) is 13.9. The van der Waals surface area contributed by atoms with Crippen molar-refractivity contribution < 1.29 is 5.11 Å². The molecular formula is C19H25NO. The van der Waals surface area contributed by atoms with Crippen LogP contribution in [0.1, 0.15) is 54.6 Å². The van der Waals surface area contributed by atoms with E-state index in [0.717, 1.165) is 6.42 Å². The number of nitrogens with one attached hydrogen (secondary N) is 1. The summed E-state index contributed by atoms with van der Waals surface area (Å²) in [5.74, 6) is 0.316. The van der Waals surface area contributed by atoms with Crippen LogP contribution < -0.4 is 5.32 Å². The second kappa shape index (κ2) is 6.77. The standard InChI is InChI=1S/C19H25NO/c1-5-19(16-8-10-17(21)11-9-16)20-15(4)18-12-13(2)6-7-14(18)3/h6-12,15,19-21H,5H2,1-4H3. The van der Waals surface area contributed by atoms with Gasteiger partial charge in [-0.05, 0) is 56.0 Å². The molecule has 0 spiro atoms. The fourth-order valence-corrected chi connectivity index (χ4v) is 2.77. The first-order valence-electron chi connectivity index (χ1n) is 7.63. The Morgan fingerprint density at radius 3 is 2.33 bits per heavy atom. The lowest BCUT2D eigenvalue weighted by molar-refractivity contribution is 0.452. The zero-order valence-electron chi connectivity index (χ0n) is 13.4. The van der Waals surface area contributed by atoms with Gasteiger partial charge in [0, 0.05) is 12.1 Å². The zero-order chi connectivity index (χ0) is 15.4. The first kappa shape index (κ1) is 15.6. The molecule has 0 bridgehead atoms. The van der Waals surface area contributed by atoms with Gasteiger partial charge in [-0.25, -0.2) is 0 Å². The van der Waals surface area contributed by atoms with E-state index in [1.807, 2.05) is 12.1 Å². The first-order chi connectivity index (χ1) is 10.0. The van der Waals surface area contributed by atoms with E-state index >= 15 is 0 Å². The summed E-state index contributed by atoms with van der Waals surface area (Å²) in [4.78, 5) is 0. The van der Waals surface area contributed by atoms with E-state index in [1.54, 1.807) is 12.1 Å². The number of benzene rings is 2. The minimum atomic E-state index is 0.292. The quantitative estimate of drug-likeness (QED) is 0.825. The lowest BCUT2D eigenvalue weighted by Crippen LogP contribution is -2.24. The molecule has 0 radical (unpaired) electrons. The molecule has 2 rings (SSSR count). The highest BCUT2D eigenvalue weighted by molar-refractivity contribution is 5.33. The van der Waals surface area contributed by atoms with Crippen LogP contribution in [0.5, 0.6) is 5.75 Å². The summed E-state index contributed by atoms with van der Waals surface area (Å²) in [6, 6.07) is 14.7. The van der Waals surface area contributed by atoms with Crippen LogP contribution >= 0.6 is 0 Å². The maximum Gasteiger partial charge on any atom is 0.115 e. The molecule has 2 atom stereocenters. The molecule has 0 saturated carbocycles. The molecule has 2 heteroatoms. The monoisotopic (exact) mass is 283 g/mol. The van der Waals surface area contributed by atoms with E-state index in [0.29, 0.717) is 17.8 Å². The van der Waals surface area contributed by atoms with E-state index < -0.39 is 0 Å². The van der Waals surface area contributed by atoms with E-state index in [4.69, 9.17) is 0 Å². The highest BCUT2D eigenvalue weighted by Crippen LogP contribution is 2.25. The van der Waals surface area contributed by atoms with Gasteiger partial charge in [0.05, 0.1) is 0 Å². The van der Waals surface area contributed by atoms with Gasteiger partial charge in [-0.1, -0.05) is 42.8 Å². The molecule has 0 saturated heterocycles. The Morgan fingerprint density at radius 1 is 1.05 bits per heavy atom. The van der Waals surface area contributed by atoms with Gasteiger partial charge < -0.3 is 10.4 Å². The van der Waals surface area contributed by atoms with Gasteiger partial charge in [-0.15, -0.1) is 0 Å². The minimum absolute atomic E-state index is 0.292. The molecule has 2 N–H and O–H groups in total. The summed E-state index contributed by atoms with van der Waals surface area (Å²) >= 11 is 0. The third kappa shape index (κ3) is 3.85. The number of rotatable bonds is 5. The van der Waals surface area contributed by atoms with Gasteiger partial charge in [0.15, 0.2) is 0 Å². The molecule has 2 unspecified atom stereocenters. The molecule has 0 aliphatic rings. The van der Waals surface area contributed by atoms with Crippen LogP contribution in [0.15, 0.2) is 42.5 Å². The fraction of sp³-hybridized carbons (Fsp3) is 0.368. The lowest BCUT2D eigenvalue weighted by atomic mass is 9.97. The Bertz CT molecular complexity index is 589. The summed E-state index contributed by atoms with van der Waals surface area (Å²) in [5.41, 5.74) is 5.18. The van der Waals surface area contributed by atoms with Crippen molar-refractivity contribution in [1.82, 2.24) is 5.32 Å². The van der Waals surface area contributed by atoms with E-state index in [2.05, 4.69) is 51.2 Å². The van der Waals surface area contributed by atoms with Gasteiger partial charge in [0.25, 0.3) is 0 Å². The molecular weight excluding hydrogens is 258 g/mol. The van der Waals surface area contributed by atoms with Gasteiger partial charge >= 0.3 is 0 Å². The molecule has 21 heavy (non-hydrogen) atoms. The van der Waals surface area contributed by atoms with Crippen molar-refractivity contribution in [3.8, 4) is 5.75 Å². The summed E-state index contributed by atoms with van der Waals surface area (Å²) in [7, 11) is 0. The number of hydrogen-bond acceptors (Lipinski definition) is 2. The molecule has 0 aliphatic heterocycles. The summed E-state index contributed by atoms with van der Waals surface area (Å²) < 4.78 is 0. The van der Waals surface area contributed by atoms with Crippen molar-refractivity contribution in [2.45, 2.75) is 46.2 Å². The summed E-state index contributed by atoms with van der Waals surface area (Å²) in [6.45, 7) is 8.69. The van der Waals surface area contributed by atoms with Crippen molar-refractivity contribution in [3.05, 3.63) is 64.7 Å². The maximum absolute atomic E-state index is 9.42. The van der Waals surface area contributed by atoms with Crippen LogP contribution in [0.3, 0.4) is 0 Å². The Kier molecular flexibility index (Phi) is 5.03. The number of hydrogen-bond donors (Lipinski definition) is 2. The van der Waals surface area contributed by atoms with Crippen LogP contribution in [0.2, 0.25) is 0 Å². The van der Waals surface area contributed by atoms with Gasteiger partial charge in [0.2, 0.25) is 0 Å². The third-order valence-electron chi connectivity index (χ3n) is 4.06. The summed E-state index contributed by atoms with van der Waals surface area (Å²) in [6.07, 6.45) is 1.01. The molecule has 2 aromatic rings. The average molecular weight is 283 g/mol. The van der Waals surface area contributed by atoms with Crippen molar-refractivity contribution in [2.75, 3.05) is 0 Å². The minimum Gasteiger partial charge on any atom is -0.508 e. The number of phenolic OH excluding ortho intramolecular Hbond substituents is 1. The van der Waals surface area contributed by atoms with E-state index in [1.165, 1.54) is 22.3 Å². The Labute approximate surface area is 127 Å². The highest BCUT2D eigenvalue weighted by atomic mass is 16.3. The lowest BCUT2D eigenvalue weighted by Gasteiger charge is -2.24. The molecule has 112 valence electrons. The largest absolute Gasteiger partial charge is 0.508 e. The predicted molar refractivity (Wildman–Crippen MR) is 88.6 cm³/mol. The Balaban J connectivity index is 2.17. The number of phenols is 1. The van der Waals surface area contributed by atoms with Gasteiger partial charge in [-0.2, -0.15) is 0 Å². The van der Waals surface area contributed by atoms with Gasteiger partial charge in [-0.3, -0.25) is 0 Å². The topological polar surface area (TPSA) is 32.3 Å². The number of aromatic hydroxyl groups is 1. The molecule has 0 amide bonds. The van der Waals surface area contributed by atoms with Crippen molar-refractivity contribution in [3.63, 3.8) is 0 Å². The SMILES string of the molecule is CCC(NC(C)c1cc(C)ccc1C)c1ccc(O)cc1.